The summed E-state index contributed by atoms with van der Waals surface area (Å²) in [5, 5.41) is 8.17. The highest BCUT2D eigenvalue weighted by Crippen LogP contribution is 2.39. The van der Waals surface area contributed by atoms with Gasteiger partial charge in [-0.05, 0) is 35.4 Å². The minimum atomic E-state index is 0.953. The Balaban J connectivity index is 1.95. The number of hydrogen-bond acceptors (Lipinski definition) is 2. The molecule has 0 aliphatic heterocycles. The van der Waals surface area contributed by atoms with E-state index in [1.54, 1.807) is 11.3 Å². The number of aromatic nitrogens is 1. The zero-order chi connectivity index (χ0) is 16.3. The van der Waals surface area contributed by atoms with E-state index in [1.165, 1.54) is 37.7 Å². The van der Waals surface area contributed by atoms with Gasteiger partial charge in [0.05, 0.1) is 5.38 Å². The second-order valence-electron chi connectivity index (χ2n) is 6.25. The summed E-state index contributed by atoms with van der Waals surface area (Å²) in [4.78, 5) is 0. The first kappa shape index (κ1) is 13.8. The summed E-state index contributed by atoms with van der Waals surface area (Å²) in [5.41, 5.74) is 4.38. The van der Waals surface area contributed by atoms with Crippen LogP contribution in [0.15, 0.2) is 64.5 Å². The summed E-state index contributed by atoms with van der Waals surface area (Å²) in [6.45, 7) is 2.15. The minimum absolute atomic E-state index is 0.953. The summed E-state index contributed by atoms with van der Waals surface area (Å²) < 4.78 is 8.51. The molecule has 0 radical (unpaired) electrons. The molecule has 0 N–H and O–H groups in total. The van der Waals surface area contributed by atoms with Crippen LogP contribution in [0, 0.1) is 6.92 Å². The second kappa shape index (κ2) is 4.92. The van der Waals surface area contributed by atoms with Gasteiger partial charge in [0, 0.05) is 10.8 Å². The number of rotatable bonds is 1. The van der Waals surface area contributed by atoms with Crippen molar-refractivity contribution in [1.82, 2.24) is 0 Å². The number of benzene rings is 3. The van der Waals surface area contributed by atoms with Crippen molar-refractivity contribution in [1.29, 1.82) is 0 Å². The Morgan fingerprint density at radius 2 is 1.75 bits per heavy atom. The van der Waals surface area contributed by atoms with Gasteiger partial charge in [0.1, 0.15) is 18.2 Å². The largest absolute Gasteiger partial charge is 0.455 e. The summed E-state index contributed by atoms with van der Waals surface area (Å²) in [7, 11) is 2.08. The Morgan fingerprint density at radius 3 is 2.50 bits per heavy atom. The van der Waals surface area contributed by atoms with Gasteiger partial charge in [-0.25, -0.2) is 0 Å². The standard InChI is InChI=1S/C21H16NOS/c1-13-7-8-16-17-11-14-5-3-4-6-15(14)12-18(17)23-20(16)19(13)21-22(2)9-10-24-21/h3-12H,1-2H3/q+1. The molecule has 0 fully saturated rings. The predicted octanol–water partition coefficient (Wildman–Crippen LogP) is 5.60. The van der Waals surface area contributed by atoms with Crippen LogP contribution in [0.1, 0.15) is 5.56 Å². The van der Waals surface area contributed by atoms with E-state index in [4.69, 9.17) is 4.42 Å². The smallest absolute Gasteiger partial charge is 0.272 e. The van der Waals surface area contributed by atoms with Crippen molar-refractivity contribution in [3.8, 4) is 10.6 Å². The third-order valence-electron chi connectivity index (χ3n) is 4.71. The van der Waals surface area contributed by atoms with Crippen LogP contribution >= 0.6 is 11.3 Å². The molecule has 2 heterocycles. The molecule has 24 heavy (non-hydrogen) atoms. The maximum Gasteiger partial charge on any atom is 0.272 e. The highest BCUT2D eigenvalue weighted by atomic mass is 32.1. The summed E-state index contributed by atoms with van der Waals surface area (Å²) in [6.07, 6.45) is 2.09. The SMILES string of the molecule is Cc1ccc2c(oc3cc4ccccc4cc32)c1-c1scc[n+]1C. The number of aryl methyl sites for hydroxylation is 2. The van der Waals surface area contributed by atoms with Crippen LogP contribution in [-0.2, 0) is 7.05 Å². The Morgan fingerprint density at radius 1 is 0.958 bits per heavy atom. The Kier molecular flexibility index (Phi) is 2.82. The van der Waals surface area contributed by atoms with Gasteiger partial charge >= 0.3 is 0 Å². The van der Waals surface area contributed by atoms with Crippen molar-refractivity contribution in [2.24, 2.45) is 7.05 Å². The quantitative estimate of drug-likeness (QED) is 0.366. The van der Waals surface area contributed by atoms with Gasteiger partial charge < -0.3 is 4.42 Å². The van der Waals surface area contributed by atoms with E-state index in [1.807, 2.05) is 0 Å². The monoisotopic (exact) mass is 330 g/mol. The molecule has 0 bridgehead atoms. The Labute approximate surface area is 143 Å². The van der Waals surface area contributed by atoms with E-state index in [2.05, 4.69) is 78.6 Å². The normalized spacial score (nSPS) is 11.8. The van der Waals surface area contributed by atoms with Gasteiger partial charge in [0.2, 0.25) is 0 Å². The molecular weight excluding hydrogens is 314 g/mol. The number of fused-ring (bicyclic) bond motifs is 4. The molecule has 0 atom stereocenters. The predicted molar refractivity (Wildman–Crippen MR) is 100 cm³/mol. The molecule has 2 aromatic heterocycles. The molecule has 0 unspecified atom stereocenters. The molecular formula is C21H16NOS+. The van der Waals surface area contributed by atoms with Crippen molar-refractivity contribution < 1.29 is 8.98 Å². The van der Waals surface area contributed by atoms with E-state index in [9.17, 15) is 0 Å². The van der Waals surface area contributed by atoms with Crippen LogP contribution in [0.3, 0.4) is 0 Å². The first-order valence-electron chi connectivity index (χ1n) is 8.00. The Bertz CT molecular complexity index is 1230. The minimum Gasteiger partial charge on any atom is -0.455 e. The first-order chi connectivity index (χ1) is 11.7. The zero-order valence-electron chi connectivity index (χ0n) is 13.5. The summed E-state index contributed by atoms with van der Waals surface area (Å²) >= 11 is 1.75. The maximum absolute atomic E-state index is 6.34. The van der Waals surface area contributed by atoms with Crippen LogP contribution < -0.4 is 4.57 Å². The third kappa shape index (κ3) is 1.85. The van der Waals surface area contributed by atoms with Crippen molar-refractivity contribution in [2.45, 2.75) is 6.92 Å². The highest BCUT2D eigenvalue weighted by molar-refractivity contribution is 7.12. The van der Waals surface area contributed by atoms with Crippen LogP contribution in [-0.4, -0.2) is 0 Å². The molecule has 3 heteroatoms. The molecule has 0 saturated heterocycles. The number of hydrogen-bond donors (Lipinski definition) is 0. The van der Waals surface area contributed by atoms with Crippen LogP contribution in [0.25, 0.3) is 43.3 Å². The Hall–Kier alpha value is -2.65. The first-order valence-corrected chi connectivity index (χ1v) is 8.88. The van der Waals surface area contributed by atoms with Gasteiger partial charge in [-0.1, -0.05) is 47.7 Å². The van der Waals surface area contributed by atoms with Crippen molar-refractivity contribution in [3.05, 3.63) is 65.7 Å². The topological polar surface area (TPSA) is 17.0 Å². The lowest BCUT2D eigenvalue weighted by atomic mass is 10.0. The molecule has 2 nitrogen and oxygen atoms in total. The van der Waals surface area contributed by atoms with Gasteiger partial charge in [-0.3, -0.25) is 0 Å². The van der Waals surface area contributed by atoms with Crippen LogP contribution in [0.2, 0.25) is 0 Å². The lowest BCUT2D eigenvalue weighted by Gasteiger charge is -2.01. The lowest BCUT2D eigenvalue weighted by molar-refractivity contribution is -0.655. The maximum atomic E-state index is 6.34. The molecule has 0 saturated carbocycles. The number of nitrogens with zero attached hydrogens (tertiary/aromatic N) is 1. The van der Waals surface area contributed by atoms with Crippen molar-refractivity contribution in [3.63, 3.8) is 0 Å². The summed E-state index contributed by atoms with van der Waals surface area (Å²) in [5.74, 6) is 0. The van der Waals surface area contributed by atoms with Crippen LogP contribution in [0.4, 0.5) is 0 Å². The van der Waals surface area contributed by atoms with E-state index in [0.29, 0.717) is 0 Å². The number of thiazole rings is 1. The molecule has 5 rings (SSSR count). The highest BCUT2D eigenvalue weighted by Gasteiger charge is 2.21. The van der Waals surface area contributed by atoms with Crippen molar-refractivity contribution >= 4 is 44.0 Å². The fraction of sp³-hybridized carbons (Fsp3) is 0.0952. The molecule has 116 valence electrons. The lowest BCUT2D eigenvalue weighted by Crippen LogP contribution is -2.26. The number of furan rings is 1. The van der Waals surface area contributed by atoms with E-state index in [0.717, 1.165) is 11.2 Å². The molecule has 0 aliphatic rings. The average Bonchev–Trinajstić information content (AvgIpc) is 3.16. The van der Waals surface area contributed by atoms with Crippen molar-refractivity contribution in [2.75, 3.05) is 0 Å². The molecule has 0 spiro atoms. The van der Waals surface area contributed by atoms with E-state index < -0.39 is 0 Å². The van der Waals surface area contributed by atoms with Gasteiger partial charge in [0.15, 0.2) is 11.8 Å². The molecule has 5 aromatic rings. The van der Waals surface area contributed by atoms with E-state index >= 15 is 0 Å². The molecule has 0 aliphatic carbocycles. The zero-order valence-corrected chi connectivity index (χ0v) is 14.4. The van der Waals surface area contributed by atoms with Crippen LogP contribution in [0.5, 0.6) is 0 Å². The van der Waals surface area contributed by atoms with Gasteiger partial charge in [0.25, 0.3) is 5.01 Å². The fourth-order valence-electron chi connectivity index (χ4n) is 3.46. The summed E-state index contributed by atoms with van der Waals surface area (Å²) in [6, 6.07) is 17.2. The third-order valence-corrected chi connectivity index (χ3v) is 5.69. The molecule has 0 amide bonds. The fourth-order valence-corrected chi connectivity index (χ4v) is 4.43. The van der Waals surface area contributed by atoms with Gasteiger partial charge in [-0.2, -0.15) is 4.57 Å². The van der Waals surface area contributed by atoms with Gasteiger partial charge in [-0.15, -0.1) is 0 Å². The average molecular weight is 330 g/mol. The van der Waals surface area contributed by atoms with E-state index in [-0.39, 0.29) is 0 Å². The second-order valence-corrected chi connectivity index (χ2v) is 7.15. The molecule has 3 aromatic carbocycles.